The average molecular weight is 927 g/mol. The van der Waals surface area contributed by atoms with E-state index >= 15 is 0 Å². The molecule has 0 bridgehead atoms. The van der Waals surface area contributed by atoms with Gasteiger partial charge in [-0.05, 0) is 42.9 Å². The van der Waals surface area contributed by atoms with Crippen LogP contribution in [-0.4, -0.2) is 115 Å². The minimum Gasteiger partial charge on any atom is -1.00 e. The van der Waals surface area contributed by atoms with Crippen molar-refractivity contribution >= 4 is 70.4 Å². The Kier molecular flexibility index (Phi) is 56.0. The summed E-state index contributed by atoms with van der Waals surface area (Å²) in [6.45, 7) is 0.465. The number of rotatable bonds is 6. The summed E-state index contributed by atoms with van der Waals surface area (Å²) in [4.78, 5) is 52.6. The van der Waals surface area contributed by atoms with Crippen molar-refractivity contribution in [2.45, 2.75) is 14.0 Å². The second-order valence-electron chi connectivity index (χ2n) is 9.34. The van der Waals surface area contributed by atoms with Crippen molar-refractivity contribution in [3.05, 3.63) is 80.1 Å². The minimum absolute atomic E-state index is 0. The van der Waals surface area contributed by atoms with Gasteiger partial charge in [-0.2, -0.15) is 20.0 Å². The Bertz CT molecular complexity index is 1620. The molecule has 3 aromatic rings. The number of nitro benzene ring substituents is 2. The van der Waals surface area contributed by atoms with Crippen molar-refractivity contribution in [2.75, 3.05) is 41.0 Å². The molecular formula is C27H48Cl4N17Na2O8-. The van der Waals surface area contributed by atoms with Crippen molar-refractivity contribution in [3.63, 3.8) is 0 Å². The molecule has 0 spiro atoms. The van der Waals surface area contributed by atoms with E-state index in [1.807, 2.05) is 0 Å². The number of nitrogens with zero attached hydrogens (tertiary/aromatic N) is 9. The first kappa shape index (κ1) is 78.5. The number of anilines is 1. The average Bonchev–Trinajstić information content (AvgIpc) is 3.01. The van der Waals surface area contributed by atoms with Crippen LogP contribution in [0.2, 0.25) is 0 Å². The van der Waals surface area contributed by atoms with Crippen LogP contribution in [-0.2, 0) is 6.54 Å². The Balaban J connectivity index is -0.0000000660. The summed E-state index contributed by atoms with van der Waals surface area (Å²) in [6.07, 6.45) is 0. The zero-order chi connectivity index (χ0) is 37.8. The largest absolute Gasteiger partial charge is 1.00 e. The second kappa shape index (κ2) is 41.4. The van der Waals surface area contributed by atoms with E-state index in [4.69, 9.17) is 51.1 Å². The van der Waals surface area contributed by atoms with Crippen molar-refractivity contribution in [2.24, 2.45) is 32.9 Å². The number of aliphatic imine (C=N–C) groups is 2. The number of benzene rings is 2. The predicted octanol–water partition coefficient (Wildman–Crippen LogP) is -12.5. The van der Waals surface area contributed by atoms with Crippen LogP contribution in [0.5, 0.6) is 0 Å². The topological polar surface area (TPSA) is 456 Å². The van der Waals surface area contributed by atoms with Crippen LogP contribution in [0.25, 0.3) is 11.4 Å². The van der Waals surface area contributed by atoms with Gasteiger partial charge in [0.15, 0.2) is 17.7 Å². The van der Waals surface area contributed by atoms with E-state index in [1.165, 1.54) is 36.4 Å². The van der Waals surface area contributed by atoms with Gasteiger partial charge in [0, 0.05) is 63.6 Å². The summed E-state index contributed by atoms with van der Waals surface area (Å²) in [6, 6.07) is 11.0. The fourth-order valence-corrected chi connectivity index (χ4v) is 2.82. The first-order valence-corrected chi connectivity index (χ1v) is 13.7. The van der Waals surface area contributed by atoms with Gasteiger partial charge in [0.05, 0.1) is 16.4 Å². The van der Waals surface area contributed by atoms with E-state index in [2.05, 4.69) is 30.3 Å². The maximum absolute atomic E-state index is 10.6. The molecule has 0 radical (unpaired) electrons. The van der Waals surface area contributed by atoms with Gasteiger partial charge in [-0.15, -0.1) is 12.4 Å². The Hall–Kier alpha value is -3.80. The number of nitro groups is 2. The van der Waals surface area contributed by atoms with Crippen LogP contribution >= 0.6 is 24.0 Å². The van der Waals surface area contributed by atoms with Crippen LogP contribution in [0.4, 0.5) is 17.3 Å². The van der Waals surface area contributed by atoms with Crippen LogP contribution < -0.4 is 118 Å². The Morgan fingerprint density at radius 2 is 1.14 bits per heavy atom. The molecule has 320 valence electrons. The van der Waals surface area contributed by atoms with E-state index in [0.717, 1.165) is 0 Å². The third kappa shape index (κ3) is 34.3. The third-order valence-electron chi connectivity index (χ3n) is 5.06. The molecule has 0 amide bonds. The zero-order valence-electron chi connectivity index (χ0n) is 31.8. The quantitative estimate of drug-likeness (QED) is 0.0284. The van der Waals surface area contributed by atoms with Gasteiger partial charge in [0.2, 0.25) is 17.9 Å². The first-order valence-electron chi connectivity index (χ1n) is 13.3. The molecule has 1 aromatic heterocycles. The molecule has 0 saturated heterocycles. The fourth-order valence-electron chi connectivity index (χ4n) is 2.70. The molecule has 0 atom stereocenters. The third-order valence-corrected chi connectivity index (χ3v) is 5.28. The Labute approximate surface area is 402 Å². The molecule has 0 saturated carbocycles. The number of hydrogen-bond donors (Lipinski definition) is 8. The standard InChI is InChI=1S/C11H12N6O2.C7H4ClNO3.2C4H11N5.CH4.3ClH.2Na.3H2O/c1-13-6-9-14-10(16-11(12)15-9)7-2-4-8(5-3-7)17(18)19;8-7(10)5-1-3-6(4-2-5)9(11)12;2*1-9(2)4(7)8-3(5)6;;;;;;;;;/h2-5,13H,6H2,1H3,(H2,12,14,15,16);1-4H;2*1-2H3,(H5,5,6,7,8);1H4;3*1H;;;3*1H2/q;;;;;;;;2*+1;;;/p-3. The van der Waals surface area contributed by atoms with Gasteiger partial charge in [-0.3, -0.25) is 35.8 Å². The minimum atomic E-state index is -0.620. The summed E-state index contributed by atoms with van der Waals surface area (Å²) in [5, 5.41) is 36.4. The monoisotopic (exact) mass is 924 g/mol. The number of carbonyl (C=O) groups is 1. The van der Waals surface area contributed by atoms with Crippen molar-refractivity contribution < 1.29 is 115 Å². The van der Waals surface area contributed by atoms with Gasteiger partial charge < -0.3 is 85.0 Å². The van der Waals surface area contributed by atoms with Crippen LogP contribution in [0, 0.1) is 31.0 Å². The van der Waals surface area contributed by atoms with Gasteiger partial charge in [0.25, 0.3) is 16.6 Å². The van der Waals surface area contributed by atoms with Gasteiger partial charge in [-0.1, -0.05) is 7.43 Å². The summed E-state index contributed by atoms with van der Waals surface area (Å²) in [7, 11) is 8.67. The molecule has 0 aliphatic heterocycles. The first-order chi connectivity index (χ1) is 22.8. The SMILES string of the molecule is C.CN(C)C(N)=NC(=N)N.CN(C)C(N)=NC(=N)N.CNCc1nc(N)nc(-c2ccc([N+](=O)[O-])cc2)n1.Cl.O.O.O=C(Cl)c1ccc([N+](=O)[O-])cc1.[Cl-].[Cl-].[Na+].[Na+].[OH-]. The molecular weight excluding hydrogens is 878 g/mol. The molecule has 18 N–H and O–H groups in total. The smallest absolute Gasteiger partial charge is 1.00 e. The molecule has 3 rings (SSSR count). The van der Waals surface area contributed by atoms with Crippen molar-refractivity contribution in [1.29, 1.82) is 10.8 Å². The maximum atomic E-state index is 10.6. The number of hydrogen-bond acceptors (Lipinski definition) is 13. The van der Waals surface area contributed by atoms with Crippen LogP contribution in [0.3, 0.4) is 0 Å². The number of aromatic nitrogens is 3. The number of nitrogens with two attached hydrogens (primary N) is 5. The normalized spacial score (nSPS) is 8.79. The number of nitrogens with one attached hydrogen (secondary N) is 3. The summed E-state index contributed by atoms with van der Waals surface area (Å²) < 4.78 is 0. The Morgan fingerprint density at radius 1 is 0.793 bits per heavy atom. The van der Waals surface area contributed by atoms with E-state index in [-0.39, 0.29) is 167 Å². The molecule has 31 heteroatoms. The Morgan fingerprint density at radius 3 is 1.40 bits per heavy atom. The van der Waals surface area contributed by atoms with E-state index in [0.29, 0.717) is 23.8 Å². The molecule has 0 unspecified atom stereocenters. The van der Waals surface area contributed by atoms with Gasteiger partial charge >= 0.3 is 59.1 Å². The number of nitrogen functional groups attached to an aromatic ring is 1. The zero-order valence-corrected chi connectivity index (χ0v) is 38.9. The molecule has 58 heavy (non-hydrogen) atoms. The summed E-state index contributed by atoms with van der Waals surface area (Å²) >= 11 is 5.13. The maximum Gasteiger partial charge on any atom is 1.00 e. The summed E-state index contributed by atoms with van der Waals surface area (Å²) in [5.41, 5.74) is 26.9. The van der Waals surface area contributed by atoms with E-state index in [9.17, 15) is 25.0 Å². The molecule has 0 fully saturated rings. The predicted molar refractivity (Wildman–Crippen MR) is 210 cm³/mol. The molecule has 0 aliphatic carbocycles. The number of carbonyl (C=O) groups excluding carboxylic acids is 1. The van der Waals surface area contributed by atoms with Crippen molar-refractivity contribution in [1.82, 2.24) is 30.1 Å². The van der Waals surface area contributed by atoms with Crippen LogP contribution in [0.1, 0.15) is 23.6 Å². The van der Waals surface area contributed by atoms with Crippen molar-refractivity contribution in [3.8, 4) is 11.4 Å². The van der Waals surface area contributed by atoms with Crippen LogP contribution in [0.15, 0.2) is 58.5 Å². The number of guanidine groups is 4. The van der Waals surface area contributed by atoms with E-state index < -0.39 is 15.1 Å². The number of halogens is 4. The molecule has 1 heterocycles. The second-order valence-corrected chi connectivity index (χ2v) is 9.69. The molecule has 2 aromatic carbocycles. The van der Waals surface area contributed by atoms with Gasteiger partial charge in [0.1, 0.15) is 5.82 Å². The molecule has 0 aliphatic rings. The summed E-state index contributed by atoms with van der Waals surface area (Å²) in [5.74, 6) is 0.956. The fraction of sp³-hybridized carbons (Fsp3) is 0.259. The molecule has 25 nitrogen and oxygen atoms in total. The number of non-ortho nitro benzene ring substituents is 2. The van der Waals surface area contributed by atoms with Gasteiger partial charge in [-0.25, -0.2) is 4.98 Å². The van der Waals surface area contributed by atoms with E-state index in [1.54, 1.807) is 57.2 Å².